The van der Waals surface area contributed by atoms with Crippen molar-refractivity contribution in [3.63, 3.8) is 0 Å². The van der Waals surface area contributed by atoms with Crippen LogP contribution in [-0.2, 0) is 4.79 Å². The maximum atomic E-state index is 11.5. The van der Waals surface area contributed by atoms with E-state index in [1.807, 2.05) is 0 Å². The summed E-state index contributed by atoms with van der Waals surface area (Å²) in [6.45, 7) is 6.99. The second-order valence-corrected chi connectivity index (χ2v) is 11.3. The molecule has 0 aromatic rings. The molecule has 0 aromatic carbocycles. The maximum absolute atomic E-state index is 11.5. The van der Waals surface area contributed by atoms with E-state index in [0.29, 0.717) is 35.5 Å². The van der Waals surface area contributed by atoms with Crippen LogP contribution in [0.2, 0.25) is 0 Å². The average molecular weight is 393 g/mol. The van der Waals surface area contributed by atoms with Crippen LogP contribution in [0.15, 0.2) is 0 Å². The Balaban J connectivity index is 1.56. The summed E-state index contributed by atoms with van der Waals surface area (Å²) >= 11 is 0. The van der Waals surface area contributed by atoms with Crippen molar-refractivity contribution in [3.8, 4) is 0 Å². The molecule has 28 heavy (non-hydrogen) atoms. The number of carbonyl (C=O) groups is 1. The molecule has 0 bridgehead atoms. The van der Waals surface area contributed by atoms with Crippen molar-refractivity contribution < 1.29 is 20.1 Å². The third kappa shape index (κ3) is 3.05. The fraction of sp³-hybridized carbons (Fsp3) is 0.958. The molecule has 0 radical (unpaired) electrons. The van der Waals surface area contributed by atoms with E-state index in [4.69, 9.17) is 5.11 Å². The van der Waals surface area contributed by atoms with Crippen LogP contribution in [-0.4, -0.2) is 33.5 Å². The molecule has 4 aliphatic rings. The molecule has 0 spiro atoms. The van der Waals surface area contributed by atoms with Gasteiger partial charge in [-0.25, -0.2) is 0 Å². The van der Waals surface area contributed by atoms with Crippen LogP contribution in [0.5, 0.6) is 0 Å². The third-order valence-corrected chi connectivity index (χ3v) is 10.3. The Morgan fingerprint density at radius 1 is 1.04 bits per heavy atom. The lowest BCUT2D eigenvalue weighted by Gasteiger charge is -2.62. The molecule has 4 saturated carbocycles. The second-order valence-electron chi connectivity index (χ2n) is 11.3. The van der Waals surface area contributed by atoms with E-state index in [-0.39, 0.29) is 29.5 Å². The monoisotopic (exact) mass is 392 g/mol. The lowest BCUT2D eigenvalue weighted by molar-refractivity contribution is -0.175. The molecule has 160 valence electrons. The quantitative estimate of drug-likeness (QED) is 0.659. The van der Waals surface area contributed by atoms with Crippen molar-refractivity contribution in [2.45, 2.75) is 97.2 Å². The summed E-state index contributed by atoms with van der Waals surface area (Å²) in [6.07, 6.45) is 9.26. The van der Waals surface area contributed by atoms with Gasteiger partial charge in [0.2, 0.25) is 0 Å². The molecule has 3 N–H and O–H groups in total. The van der Waals surface area contributed by atoms with Gasteiger partial charge >= 0.3 is 5.97 Å². The summed E-state index contributed by atoms with van der Waals surface area (Å²) in [6, 6.07) is 0. The topological polar surface area (TPSA) is 77.8 Å². The van der Waals surface area contributed by atoms with Gasteiger partial charge in [-0.2, -0.15) is 0 Å². The van der Waals surface area contributed by atoms with Gasteiger partial charge in [-0.15, -0.1) is 0 Å². The lowest BCUT2D eigenvalue weighted by atomic mass is 9.43. The van der Waals surface area contributed by atoms with Crippen molar-refractivity contribution in [3.05, 3.63) is 0 Å². The minimum Gasteiger partial charge on any atom is -0.481 e. The van der Waals surface area contributed by atoms with Gasteiger partial charge in [-0.3, -0.25) is 4.79 Å². The Hall–Kier alpha value is -0.610. The minimum absolute atomic E-state index is 0.0591. The van der Waals surface area contributed by atoms with E-state index in [0.717, 1.165) is 38.5 Å². The van der Waals surface area contributed by atoms with Gasteiger partial charge in [0, 0.05) is 6.42 Å². The van der Waals surface area contributed by atoms with Crippen LogP contribution in [0.1, 0.15) is 85.0 Å². The molecule has 4 fully saturated rings. The summed E-state index contributed by atoms with van der Waals surface area (Å²) in [5.41, 5.74) is 0.216. The molecule has 0 aliphatic heterocycles. The minimum atomic E-state index is -0.707. The standard InChI is InChI=1S/C24H40O4/c1-14(4-9-22(27)28)18-7-8-19-17-6-5-15-12-16(25)10-11-23(15,2)20(17)13-21(26)24(18,19)3/h14-21,25-26H,4-13H2,1-3H3,(H,27,28)/t14-,15-,16-,17+,18-,19+,20+,21+,23-,24+/m0/s1. The van der Waals surface area contributed by atoms with Crippen molar-refractivity contribution in [2.24, 2.45) is 46.3 Å². The number of aliphatic carboxylic acids is 1. The number of carboxylic acid groups (broad SMARTS) is 1. The normalized spacial score (nSPS) is 51.7. The van der Waals surface area contributed by atoms with Gasteiger partial charge < -0.3 is 15.3 Å². The van der Waals surface area contributed by atoms with Gasteiger partial charge in [0.25, 0.3) is 0 Å². The highest BCUT2D eigenvalue weighted by Crippen LogP contribution is 2.68. The summed E-state index contributed by atoms with van der Waals surface area (Å²) in [4.78, 5) is 11.1. The predicted molar refractivity (Wildman–Crippen MR) is 109 cm³/mol. The molecule has 4 heteroatoms. The molecular weight excluding hydrogens is 352 g/mol. The number of aliphatic hydroxyl groups is 2. The van der Waals surface area contributed by atoms with Crippen LogP contribution in [0, 0.1) is 46.3 Å². The Kier molecular flexibility index (Phi) is 5.36. The molecule has 4 rings (SSSR count). The molecular formula is C24H40O4. The van der Waals surface area contributed by atoms with Crippen molar-refractivity contribution >= 4 is 5.97 Å². The van der Waals surface area contributed by atoms with E-state index in [9.17, 15) is 15.0 Å². The third-order valence-electron chi connectivity index (χ3n) is 10.3. The molecule has 0 amide bonds. The number of aliphatic hydroxyl groups excluding tert-OH is 2. The molecule has 0 saturated heterocycles. The number of rotatable bonds is 4. The lowest BCUT2D eigenvalue weighted by Crippen LogP contribution is -2.58. The Morgan fingerprint density at radius 2 is 1.79 bits per heavy atom. The zero-order valence-electron chi connectivity index (χ0n) is 17.9. The summed E-state index contributed by atoms with van der Waals surface area (Å²) < 4.78 is 0. The van der Waals surface area contributed by atoms with Gasteiger partial charge in [0.05, 0.1) is 12.2 Å². The first-order valence-electron chi connectivity index (χ1n) is 11.8. The van der Waals surface area contributed by atoms with E-state index in [1.165, 1.54) is 19.3 Å². The Labute approximate surface area is 170 Å². The molecule has 0 unspecified atom stereocenters. The van der Waals surface area contributed by atoms with Crippen molar-refractivity contribution in [1.82, 2.24) is 0 Å². The Morgan fingerprint density at radius 3 is 2.50 bits per heavy atom. The zero-order valence-corrected chi connectivity index (χ0v) is 17.9. The van der Waals surface area contributed by atoms with Gasteiger partial charge in [-0.1, -0.05) is 20.8 Å². The number of hydrogen-bond donors (Lipinski definition) is 3. The Bertz CT molecular complexity index is 605. The van der Waals surface area contributed by atoms with Crippen LogP contribution >= 0.6 is 0 Å². The number of hydrogen-bond acceptors (Lipinski definition) is 3. The second kappa shape index (κ2) is 7.27. The van der Waals surface area contributed by atoms with Gasteiger partial charge in [-0.05, 0) is 104 Å². The SMILES string of the molecule is C[C@@H](CCC(=O)O)[C@@H]1CC[C@@H]2[C@H]3CC[C@H]4C[C@@H](O)CC[C@]4(C)[C@@H]3C[C@@H](O)[C@@]21C. The number of fused-ring (bicyclic) bond motifs is 5. The highest BCUT2D eigenvalue weighted by Gasteiger charge is 2.63. The molecule has 4 aliphatic carbocycles. The molecule has 0 aromatic heterocycles. The van der Waals surface area contributed by atoms with Gasteiger partial charge in [0.15, 0.2) is 0 Å². The molecule has 0 heterocycles. The molecule has 4 nitrogen and oxygen atoms in total. The zero-order chi connectivity index (χ0) is 20.3. The highest BCUT2D eigenvalue weighted by molar-refractivity contribution is 5.66. The van der Waals surface area contributed by atoms with Crippen molar-refractivity contribution in [2.75, 3.05) is 0 Å². The summed E-state index contributed by atoms with van der Waals surface area (Å²) in [5.74, 6) is 2.55. The molecule has 10 atom stereocenters. The predicted octanol–water partition coefficient (Wildman–Crippen LogP) is 4.48. The first-order chi connectivity index (χ1) is 13.2. The maximum Gasteiger partial charge on any atom is 0.303 e. The van der Waals surface area contributed by atoms with Crippen LogP contribution in [0.4, 0.5) is 0 Å². The summed E-state index contributed by atoms with van der Waals surface area (Å²) in [5, 5.41) is 30.8. The average Bonchev–Trinajstić information content (AvgIpc) is 3.00. The van der Waals surface area contributed by atoms with Crippen LogP contribution < -0.4 is 0 Å². The van der Waals surface area contributed by atoms with Crippen LogP contribution in [0.3, 0.4) is 0 Å². The van der Waals surface area contributed by atoms with Crippen LogP contribution in [0.25, 0.3) is 0 Å². The van der Waals surface area contributed by atoms with Gasteiger partial charge in [0.1, 0.15) is 0 Å². The number of carboxylic acids is 1. The highest BCUT2D eigenvalue weighted by atomic mass is 16.4. The largest absolute Gasteiger partial charge is 0.481 e. The van der Waals surface area contributed by atoms with E-state index < -0.39 is 5.97 Å². The smallest absolute Gasteiger partial charge is 0.303 e. The fourth-order valence-corrected chi connectivity index (χ4v) is 8.71. The first-order valence-corrected chi connectivity index (χ1v) is 11.8. The summed E-state index contributed by atoms with van der Waals surface area (Å²) in [7, 11) is 0. The van der Waals surface area contributed by atoms with E-state index in [2.05, 4.69) is 20.8 Å². The van der Waals surface area contributed by atoms with Crippen molar-refractivity contribution in [1.29, 1.82) is 0 Å². The fourth-order valence-electron chi connectivity index (χ4n) is 8.71. The first kappa shape index (κ1) is 20.7. The van der Waals surface area contributed by atoms with E-state index in [1.54, 1.807) is 0 Å². The van der Waals surface area contributed by atoms with E-state index >= 15 is 0 Å².